The van der Waals surface area contributed by atoms with E-state index in [9.17, 15) is 24.0 Å². The summed E-state index contributed by atoms with van der Waals surface area (Å²) in [4.78, 5) is 69.8. The maximum Gasteiger partial charge on any atom is 0.303 e. The van der Waals surface area contributed by atoms with Gasteiger partial charge in [-0.15, -0.1) is 0 Å². The normalized spacial score (nSPS) is 23.5. The van der Waals surface area contributed by atoms with E-state index in [0.717, 1.165) is 27.7 Å². The fourth-order valence-corrected chi connectivity index (χ4v) is 3.46. The minimum absolute atomic E-state index is 0.0116. The Balaban J connectivity index is 2.15. The number of hydrogen-bond donors (Lipinski definition) is 2. The van der Waals surface area contributed by atoms with Gasteiger partial charge in [-0.3, -0.25) is 33.5 Å². The number of ether oxygens (including phenoxy) is 4. The summed E-state index contributed by atoms with van der Waals surface area (Å²) in [5, 5.41) is 0. The van der Waals surface area contributed by atoms with Crippen LogP contribution in [0.4, 0.5) is 5.95 Å². The average molecular weight is 451 g/mol. The van der Waals surface area contributed by atoms with Crippen molar-refractivity contribution in [3.8, 4) is 0 Å². The first kappa shape index (κ1) is 22.9. The Morgan fingerprint density at radius 1 is 1.09 bits per heavy atom. The van der Waals surface area contributed by atoms with Gasteiger partial charge in [0.1, 0.15) is 6.10 Å². The van der Waals surface area contributed by atoms with Crippen molar-refractivity contribution < 1.29 is 38.1 Å². The van der Waals surface area contributed by atoms with Gasteiger partial charge < -0.3 is 24.7 Å². The number of rotatable bonds is 6. The lowest BCUT2D eigenvalue weighted by Crippen LogP contribution is -2.47. The molecule has 1 unspecified atom stereocenters. The molecule has 3 N–H and O–H groups in total. The van der Waals surface area contributed by atoms with Crippen molar-refractivity contribution >= 4 is 40.8 Å². The predicted octanol–water partition coefficient (Wildman–Crippen LogP) is -1.02. The minimum atomic E-state index is -1.48. The molecule has 1 saturated heterocycles. The zero-order valence-corrected chi connectivity index (χ0v) is 17.6. The van der Waals surface area contributed by atoms with Gasteiger partial charge in [-0.25, -0.2) is 4.98 Å². The third-order valence-corrected chi connectivity index (χ3v) is 4.55. The third kappa shape index (κ3) is 4.44. The summed E-state index contributed by atoms with van der Waals surface area (Å²) in [6, 6.07) is 0. The molecule has 1 aliphatic rings. The van der Waals surface area contributed by atoms with Crippen molar-refractivity contribution in [2.45, 2.75) is 58.3 Å². The molecule has 0 radical (unpaired) electrons. The number of nitrogen functional groups attached to an aromatic ring is 1. The second kappa shape index (κ2) is 8.74. The molecular weight excluding hydrogens is 430 g/mol. The number of ketones is 1. The fourth-order valence-electron chi connectivity index (χ4n) is 3.46. The zero-order valence-electron chi connectivity index (χ0n) is 17.6. The number of aromatic nitrogens is 4. The van der Waals surface area contributed by atoms with Gasteiger partial charge >= 0.3 is 17.9 Å². The van der Waals surface area contributed by atoms with Crippen molar-refractivity contribution in [1.82, 2.24) is 19.5 Å². The van der Waals surface area contributed by atoms with Gasteiger partial charge in [0, 0.05) is 20.8 Å². The van der Waals surface area contributed by atoms with Crippen molar-refractivity contribution in [1.29, 1.82) is 0 Å². The van der Waals surface area contributed by atoms with Crippen LogP contribution in [0.25, 0.3) is 11.2 Å². The number of nitrogens with zero attached hydrogens (tertiary/aromatic N) is 3. The largest absolute Gasteiger partial charge is 0.455 e. The van der Waals surface area contributed by atoms with Crippen LogP contribution in [0.15, 0.2) is 11.1 Å². The first-order valence-electron chi connectivity index (χ1n) is 9.39. The number of hydrogen-bond acceptors (Lipinski definition) is 12. The summed E-state index contributed by atoms with van der Waals surface area (Å²) in [5.74, 6) is -3.10. The van der Waals surface area contributed by atoms with Gasteiger partial charge in [-0.1, -0.05) is 0 Å². The van der Waals surface area contributed by atoms with Crippen LogP contribution in [0.3, 0.4) is 0 Å². The van der Waals surface area contributed by atoms with E-state index in [4.69, 9.17) is 24.7 Å². The molecule has 0 amide bonds. The monoisotopic (exact) mass is 451 g/mol. The molecule has 0 saturated carbocycles. The molecule has 1 fully saturated rings. The number of nitrogens with two attached hydrogens (primary N) is 1. The summed E-state index contributed by atoms with van der Waals surface area (Å²) in [5.41, 5.74) is 4.91. The number of fused-ring (bicyclic) bond motifs is 1. The molecule has 0 aromatic carbocycles. The van der Waals surface area contributed by atoms with E-state index in [1.807, 2.05) is 0 Å². The summed E-state index contributed by atoms with van der Waals surface area (Å²) in [6.45, 7) is 4.48. The first-order chi connectivity index (χ1) is 15.0. The van der Waals surface area contributed by atoms with Gasteiger partial charge in [0.05, 0.1) is 6.33 Å². The topological polar surface area (TPSA) is 195 Å². The Kier molecular flexibility index (Phi) is 6.25. The van der Waals surface area contributed by atoms with Crippen molar-refractivity contribution in [2.24, 2.45) is 0 Å². The minimum Gasteiger partial charge on any atom is -0.455 e. The van der Waals surface area contributed by atoms with Gasteiger partial charge in [0.15, 0.2) is 41.5 Å². The Hall–Kier alpha value is -3.81. The summed E-state index contributed by atoms with van der Waals surface area (Å²) in [7, 11) is 0. The van der Waals surface area contributed by atoms with Crippen LogP contribution in [0.1, 0.15) is 33.9 Å². The molecule has 2 aromatic heterocycles. The van der Waals surface area contributed by atoms with Gasteiger partial charge in [-0.2, -0.15) is 4.98 Å². The van der Waals surface area contributed by atoms with E-state index in [1.54, 1.807) is 0 Å². The molecule has 3 rings (SSSR count). The van der Waals surface area contributed by atoms with Gasteiger partial charge in [0.2, 0.25) is 5.95 Å². The van der Waals surface area contributed by atoms with Crippen LogP contribution < -0.4 is 11.3 Å². The number of H-pyrrole nitrogens is 1. The number of carbonyl (C=O) groups is 4. The summed E-state index contributed by atoms with van der Waals surface area (Å²) < 4.78 is 22.9. The van der Waals surface area contributed by atoms with Crippen molar-refractivity contribution in [3.05, 3.63) is 16.7 Å². The molecule has 5 atom stereocenters. The van der Waals surface area contributed by atoms with Gasteiger partial charge in [-0.05, 0) is 6.92 Å². The zero-order chi connectivity index (χ0) is 23.7. The maximum absolute atomic E-state index is 12.2. The highest BCUT2D eigenvalue weighted by Crippen LogP contribution is 2.37. The molecule has 14 heteroatoms. The number of imidazole rings is 1. The van der Waals surface area contributed by atoms with Crippen LogP contribution in [-0.4, -0.2) is 67.6 Å². The number of anilines is 1. The van der Waals surface area contributed by atoms with Crippen molar-refractivity contribution in [3.63, 3.8) is 0 Å². The SMILES string of the molecule is CC(=O)OC(C(C)=O)[C@H]1O[C@@H](n2cnc3c(=O)[nH]c(N)nc32)[C@H](OC(C)=O)[C@@H]1OC(C)=O. The number of carbonyl (C=O) groups excluding carboxylic acids is 4. The van der Waals surface area contributed by atoms with Crippen LogP contribution in [-0.2, 0) is 38.1 Å². The molecule has 3 heterocycles. The van der Waals surface area contributed by atoms with E-state index >= 15 is 0 Å². The molecular formula is C18H21N5O9. The highest BCUT2D eigenvalue weighted by Gasteiger charge is 2.55. The first-order valence-corrected chi connectivity index (χ1v) is 9.39. The Labute approximate surface area is 180 Å². The van der Waals surface area contributed by atoms with Crippen molar-refractivity contribution in [2.75, 3.05) is 5.73 Å². The summed E-state index contributed by atoms with van der Waals surface area (Å²) in [6.07, 6.45) is -5.54. The van der Waals surface area contributed by atoms with E-state index in [0.29, 0.717) is 0 Å². The molecule has 172 valence electrons. The third-order valence-electron chi connectivity index (χ3n) is 4.55. The number of aromatic amines is 1. The molecule has 0 spiro atoms. The maximum atomic E-state index is 12.2. The van der Waals surface area contributed by atoms with Crippen LogP contribution >= 0.6 is 0 Å². The fraction of sp³-hybridized carbons (Fsp3) is 0.500. The number of esters is 3. The second-order valence-electron chi connectivity index (χ2n) is 7.06. The van der Waals surface area contributed by atoms with E-state index in [2.05, 4.69) is 15.0 Å². The summed E-state index contributed by atoms with van der Waals surface area (Å²) >= 11 is 0. The van der Waals surface area contributed by atoms with E-state index in [1.165, 1.54) is 10.9 Å². The lowest BCUT2D eigenvalue weighted by atomic mass is 10.0. The molecule has 0 bridgehead atoms. The van der Waals surface area contributed by atoms with Crippen LogP contribution in [0.2, 0.25) is 0 Å². The second-order valence-corrected chi connectivity index (χ2v) is 7.06. The molecule has 2 aromatic rings. The smallest absolute Gasteiger partial charge is 0.303 e. The molecule has 0 aliphatic carbocycles. The standard InChI is InChI=1S/C18H21N5O9/c1-6(24)11(29-7(2)25)12-13(30-8(3)26)14(31-9(4)27)17(32-12)23-5-20-10-15(23)21-18(19)22-16(10)28/h5,11-14,17H,1-4H3,(H3,19,21,22,28)/t11?,12-,13-,14-,17-/m1/s1. The average Bonchev–Trinajstić information content (AvgIpc) is 3.21. The molecule has 14 nitrogen and oxygen atoms in total. The Morgan fingerprint density at radius 3 is 2.28 bits per heavy atom. The van der Waals surface area contributed by atoms with Gasteiger partial charge in [0.25, 0.3) is 5.56 Å². The lowest BCUT2D eigenvalue weighted by Gasteiger charge is -2.26. The highest BCUT2D eigenvalue weighted by molar-refractivity contribution is 5.84. The Bertz CT molecular complexity index is 1140. The van der Waals surface area contributed by atoms with E-state index < -0.39 is 59.9 Å². The van der Waals surface area contributed by atoms with E-state index in [-0.39, 0.29) is 17.1 Å². The predicted molar refractivity (Wildman–Crippen MR) is 104 cm³/mol. The lowest BCUT2D eigenvalue weighted by molar-refractivity contribution is -0.173. The highest BCUT2D eigenvalue weighted by atomic mass is 16.7. The number of Topliss-reactive ketones (excluding diaryl/α,β-unsaturated/α-hetero) is 1. The molecule has 1 aliphatic heterocycles. The quantitative estimate of drug-likeness (QED) is 0.401. The molecule has 32 heavy (non-hydrogen) atoms. The Morgan fingerprint density at radius 2 is 1.72 bits per heavy atom. The van der Waals surface area contributed by atoms with Crippen LogP contribution in [0.5, 0.6) is 0 Å². The van der Waals surface area contributed by atoms with Crippen LogP contribution in [0, 0.1) is 0 Å². The number of nitrogens with one attached hydrogen (secondary N) is 1.